The van der Waals surface area contributed by atoms with Gasteiger partial charge in [-0.15, -0.1) is 0 Å². The minimum Gasteiger partial charge on any atom is -0.454 e. The van der Waals surface area contributed by atoms with Crippen molar-refractivity contribution in [2.24, 2.45) is 0 Å². The van der Waals surface area contributed by atoms with Crippen molar-refractivity contribution in [3.8, 4) is 17.6 Å². The van der Waals surface area contributed by atoms with E-state index in [4.69, 9.17) is 9.47 Å². The number of fused-ring (bicyclic) bond motifs is 1. The average Bonchev–Trinajstić information content (AvgIpc) is 3.37. The predicted octanol–water partition coefficient (Wildman–Crippen LogP) is 1.19. The first-order chi connectivity index (χ1) is 14.6. The summed E-state index contributed by atoms with van der Waals surface area (Å²) in [6.07, 6.45) is 1.53. The van der Waals surface area contributed by atoms with Gasteiger partial charge in [-0.05, 0) is 17.7 Å². The SMILES string of the molecule is N#CC1(c2ccccc2)CC[NH+]([C@@H]2CC(=O)N(c3ccc4c(c3)OCO4)C2=O)CC1. The summed E-state index contributed by atoms with van der Waals surface area (Å²) in [5.74, 6) is 0.780. The van der Waals surface area contributed by atoms with Crippen molar-refractivity contribution in [3.63, 3.8) is 0 Å². The number of amides is 2. The molecule has 0 spiro atoms. The number of carbonyl (C=O) groups excluding carboxylic acids is 2. The van der Waals surface area contributed by atoms with Crippen LogP contribution >= 0.6 is 0 Å². The quantitative estimate of drug-likeness (QED) is 0.777. The van der Waals surface area contributed by atoms with Gasteiger partial charge in [0.25, 0.3) is 5.91 Å². The lowest BCUT2D eigenvalue weighted by Gasteiger charge is -2.37. The van der Waals surface area contributed by atoms with E-state index in [1.807, 2.05) is 30.3 Å². The van der Waals surface area contributed by atoms with Crippen molar-refractivity contribution in [2.75, 3.05) is 24.8 Å². The highest BCUT2D eigenvalue weighted by Gasteiger charge is 2.49. The number of quaternary nitrogens is 1. The molecule has 1 atom stereocenters. The zero-order chi connectivity index (χ0) is 20.7. The molecule has 2 amide bonds. The Morgan fingerprint density at radius 3 is 2.50 bits per heavy atom. The fourth-order valence-corrected chi connectivity index (χ4v) is 4.82. The third kappa shape index (κ3) is 2.92. The molecule has 2 saturated heterocycles. The molecule has 5 rings (SSSR count). The van der Waals surface area contributed by atoms with Crippen LogP contribution in [0.5, 0.6) is 11.5 Å². The molecule has 3 heterocycles. The Morgan fingerprint density at radius 2 is 1.77 bits per heavy atom. The first kappa shape index (κ1) is 18.6. The summed E-state index contributed by atoms with van der Waals surface area (Å²) in [7, 11) is 0. The molecule has 1 N–H and O–H groups in total. The molecular weight excluding hydrogens is 382 g/mol. The fraction of sp³-hybridized carbons (Fsp3) is 0.348. The van der Waals surface area contributed by atoms with Gasteiger partial charge in [0.1, 0.15) is 0 Å². The van der Waals surface area contributed by atoms with Crippen molar-refractivity contribution >= 4 is 17.5 Å². The maximum Gasteiger partial charge on any atom is 0.292 e. The van der Waals surface area contributed by atoms with Crippen LogP contribution in [0.2, 0.25) is 0 Å². The summed E-state index contributed by atoms with van der Waals surface area (Å²) in [4.78, 5) is 28.2. The Hall–Kier alpha value is -3.37. The van der Waals surface area contributed by atoms with Gasteiger partial charge in [0.2, 0.25) is 12.7 Å². The van der Waals surface area contributed by atoms with Crippen molar-refractivity contribution in [1.82, 2.24) is 0 Å². The minimum atomic E-state index is -0.520. The zero-order valence-electron chi connectivity index (χ0n) is 16.5. The van der Waals surface area contributed by atoms with E-state index in [0.29, 0.717) is 43.1 Å². The largest absolute Gasteiger partial charge is 0.454 e. The molecule has 30 heavy (non-hydrogen) atoms. The van der Waals surface area contributed by atoms with E-state index in [0.717, 1.165) is 10.5 Å². The number of hydrogen-bond donors (Lipinski definition) is 1. The number of rotatable bonds is 3. The van der Waals surface area contributed by atoms with Crippen LogP contribution in [0.4, 0.5) is 5.69 Å². The smallest absolute Gasteiger partial charge is 0.292 e. The number of anilines is 1. The van der Waals surface area contributed by atoms with E-state index in [1.165, 1.54) is 4.90 Å². The van der Waals surface area contributed by atoms with Crippen molar-refractivity contribution in [3.05, 3.63) is 54.1 Å². The summed E-state index contributed by atoms with van der Waals surface area (Å²) in [5.41, 5.74) is 1.03. The Labute approximate surface area is 174 Å². The van der Waals surface area contributed by atoms with Crippen molar-refractivity contribution in [2.45, 2.75) is 30.7 Å². The van der Waals surface area contributed by atoms with E-state index in [1.54, 1.807) is 18.2 Å². The van der Waals surface area contributed by atoms with Gasteiger partial charge in [-0.1, -0.05) is 30.3 Å². The third-order valence-electron chi connectivity index (χ3n) is 6.54. The molecule has 0 saturated carbocycles. The van der Waals surface area contributed by atoms with Gasteiger partial charge in [0.15, 0.2) is 17.5 Å². The summed E-state index contributed by atoms with van der Waals surface area (Å²) in [5, 5.41) is 9.90. The first-order valence-electron chi connectivity index (χ1n) is 10.2. The monoisotopic (exact) mass is 404 g/mol. The number of hydrogen-bond acceptors (Lipinski definition) is 5. The molecule has 3 aliphatic rings. The number of carbonyl (C=O) groups is 2. The van der Waals surface area contributed by atoms with Gasteiger partial charge in [-0.2, -0.15) is 5.26 Å². The zero-order valence-corrected chi connectivity index (χ0v) is 16.5. The van der Waals surface area contributed by atoms with Crippen LogP contribution in [0.3, 0.4) is 0 Å². The molecule has 2 aromatic rings. The molecule has 2 fully saturated rings. The maximum atomic E-state index is 13.2. The van der Waals surface area contributed by atoms with E-state index < -0.39 is 11.5 Å². The topological polar surface area (TPSA) is 84.1 Å². The second-order valence-corrected chi connectivity index (χ2v) is 8.08. The van der Waals surface area contributed by atoms with E-state index in [-0.39, 0.29) is 25.0 Å². The van der Waals surface area contributed by atoms with E-state index >= 15 is 0 Å². The van der Waals surface area contributed by atoms with Crippen LogP contribution < -0.4 is 19.3 Å². The Bertz CT molecular complexity index is 1040. The molecule has 0 aromatic heterocycles. The lowest BCUT2D eigenvalue weighted by molar-refractivity contribution is -0.920. The third-order valence-corrected chi connectivity index (χ3v) is 6.54. The fourth-order valence-electron chi connectivity index (χ4n) is 4.82. The molecule has 3 aliphatic heterocycles. The number of nitriles is 1. The van der Waals surface area contributed by atoms with Crippen molar-refractivity contribution in [1.29, 1.82) is 5.26 Å². The molecule has 7 heteroatoms. The highest BCUT2D eigenvalue weighted by Crippen LogP contribution is 2.37. The number of ether oxygens (including phenoxy) is 2. The Morgan fingerprint density at radius 1 is 1.03 bits per heavy atom. The molecule has 152 valence electrons. The summed E-state index contributed by atoms with van der Waals surface area (Å²) in [6.45, 7) is 1.51. The van der Waals surface area contributed by atoms with Crippen molar-refractivity contribution < 1.29 is 24.0 Å². The van der Waals surface area contributed by atoms with Crippen LogP contribution in [0.1, 0.15) is 24.8 Å². The van der Waals surface area contributed by atoms with Gasteiger partial charge in [0, 0.05) is 18.9 Å². The minimum absolute atomic E-state index is 0.142. The van der Waals surface area contributed by atoms with Crippen LogP contribution in [-0.4, -0.2) is 37.7 Å². The molecule has 0 radical (unpaired) electrons. The molecule has 0 bridgehead atoms. The molecule has 0 unspecified atom stereocenters. The van der Waals surface area contributed by atoms with Gasteiger partial charge in [0.05, 0.1) is 36.7 Å². The Balaban J connectivity index is 1.33. The van der Waals surface area contributed by atoms with Crippen LogP contribution in [0.15, 0.2) is 48.5 Å². The number of piperidine rings is 1. The lowest BCUT2D eigenvalue weighted by Crippen LogP contribution is -3.18. The molecule has 7 nitrogen and oxygen atoms in total. The number of benzene rings is 2. The highest BCUT2D eigenvalue weighted by molar-refractivity contribution is 6.22. The molecule has 0 aliphatic carbocycles. The normalized spacial score (nSPS) is 27.9. The second kappa shape index (κ2) is 7.15. The molecular formula is C23H22N3O4+. The first-order valence-corrected chi connectivity index (χ1v) is 10.2. The second-order valence-electron chi connectivity index (χ2n) is 8.08. The number of nitrogens with zero attached hydrogens (tertiary/aromatic N) is 2. The van der Waals surface area contributed by atoms with E-state index in [2.05, 4.69) is 6.07 Å². The number of likely N-dealkylation sites (tertiary alicyclic amines) is 1. The van der Waals surface area contributed by atoms with Crippen LogP contribution in [0.25, 0.3) is 0 Å². The van der Waals surface area contributed by atoms with Gasteiger partial charge in [-0.25, -0.2) is 4.90 Å². The predicted molar refractivity (Wildman–Crippen MR) is 107 cm³/mol. The molecule has 2 aromatic carbocycles. The number of nitrogens with one attached hydrogen (secondary N) is 1. The van der Waals surface area contributed by atoms with Gasteiger partial charge in [-0.3, -0.25) is 9.59 Å². The highest BCUT2D eigenvalue weighted by atomic mass is 16.7. The van der Waals surface area contributed by atoms with E-state index in [9.17, 15) is 14.9 Å². The summed E-state index contributed by atoms with van der Waals surface area (Å²) >= 11 is 0. The van der Waals surface area contributed by atoms with Gasteiger partial charge < -0.3 is 14.4 Å². The lowest BCUT2D eigenvalue weighted by atomic mass is 9.74. The average molecular weight is 404 g/mol. The summed E-state index contributed by atoms with van der Waals surface area (Å²) < 4.78 is 10.7. The van der Waals surface area contributed by atoms with Crippen LogP contribution in [-0.2, 0) is 15.0 Å². The Kier molecular flexibility index (Phi) is 4.44. The maximum absolute atomic E-state index is 13.2. The van der Waals surface area contributed by atoms with Crippen LogP contribution in [0, 0.1) is 11.3 Å². The number of imide groups is 1. The summed E-state index contributed by atoms with van der Waals surface area (Å²) in [6, 6.07) is 17.1. The van der Waals surface area contributed by atoms with Gasteiger partial charge >= 0.3 is 0 Å². The standard InChI is InChI=1S/C23H21N3O4/c24-14-23(16-4-2-1-3-5-16)8-10-25(11-9-23)18-13-21(27)26(22(18)28)17-6-7-19-20(12-17)30-15-29-19/h1-7,12,18H,8-11,13,15H2/p+1/t18-/m1/s1.